The highest BCUT2D eigenvalue weighted by Gasteiger charge is 2.27. The molecule has 0 spiro atoms. The van der Waals surface area contributed by atoms with Gasteiger partial charge in [-0.1, -0.05) is 18.2 Å². The molecule has 1 aliphatic heterocycles. The zero-order chi connectivity index (χ0) is 13.3. The van der Waals surface area contributed by atoms with Crippen LogP contribution in [0.25, 0.3) is 10.9 Å². The second-order valence-electron chi connectivity index (χ2n) is 4.49. The summed E-state index contributed by atoms with van der Waals surface area (Å²) in [6, 6.07) is 8.95. The van der Waals surface area contributed by atoms with Crippen LogP contribution in [0.4, 0.5) is 0 Å². The molecule has 2 heterocycles. The van der Waals surface area contributed by atoms with E-state index in [1.165, 1.54) is 4.31 Å². The Bertz CT molecular complexity index is 689. The first kappa shape index (κ1) is 12.5. The monoisotopic (exact) mass is 277 g/mol. The second-order valence-corrected chi connectivity index (χ2v) is 6.39. The molecular weight excluding hydrogens is 262 g/mol. The first-order valence-corrected chi connectivity index (χ1v) is 7.68. The minimum atomic E-state index is -3.46. The van der Waals surface area contributed by atoms with Crippen molar-refractivity contribution < 1.29 is 8.42 Å². The molecule has 19 heavy (non-hydrogen) atoms. The maximum Gasteiger partial charge on any atom is 0.245 e. The molecule has 1 N–H and O–H groups in total. The van der Waals surface area contributed by atoms with Crippen molar-refractivity contribution in [2.45, 2.75) is 4.90 Å². The SMILES string of the molecule is O=S(=O)(c1cccc2cccnc12)N1CCNCC1. The number of fused-ring (bicyclic) bond motifs is 1. The van der Waals surface area contributed by atoms with E-state index in [4.69, 9.17) is 0 Å². The van der Waals surface area contributed by atoms with Gasteiger partial charge in [0, 0.05) is 37.8 Å². The van der Waals surface area contributed by atoms with Crippen molar-refractivity contribution in [1.29, 1.82) is 0 Å². The van der Waals surface area contributed by atoms with Crippen LogP contribution in [-0.4, -0.2) is 43.9 Å². The van der Waals surface area contributed by atoms with Gasteiger partial charge in [-0.25, -0.2) is 8.42 Å². The summed E-state index contributed by atoms with van der Waals surface area (Å²) in [6.45, 7) is 2.39. The van der Waals surface area contributed by atoms with E-state index < -0.39 is 10.0 Å². The van der Waals surface area contributed by atoms with Gasteiger partial charge in [0.1, 0.15) is 4.90 Å². The average molecular weight is 277 g/mol. The van der Waals surface area contributed by atoms with Gasteiger partial charge in [-0.2, -0.15) is 4.31 Å². The van der Waals surface area contributed by atoms with E-state index in [-0.39, 0.29) is 0 Å². The molecule has 0 aliphatic carbocycles. The Hall–Kier alpha value is -1.50. The number of nitrogens with zero attached hydrogens (tertiary/aromatic N) is 2. The summed E-state index contributed by atoms with van der Waals surface area (Å²) in [4.78, 5) is 4.52. The zero-order valence-corrected chi connectivity index (χ0v) is 11.2. The lowest BCUT2D eigenvalue weighted by Gasteiger charge is -2.26. The van der Waals surface area contributed by atoms with E-state index in [2.05, 4.69) is 10.3 Å². The third-order valence-electron chi connectivity index (χ3n) is 3.29. The van der Waals surface area contributed by atoms with Crippen molar-refractivity contribution >= 4 is 20.9 Å². The van der Waals surface area contributed by atoms with Crippen molar-refractivity contribution in [2.24, 2.45) is 0 Å². The molecular formula is C13H15N3O2S. The lowest BCUT2D eigenvalue weighted by molar-refractivity contribution is 0.360. The van der Waals surface area contributed by atoms with Crippen LogP contribution in [0.5, 0.6) is 0 Å². The molecule has 6 heteroatoms. The molecule has 3 rings (SSSR count). The molecule has 0 unspecified atom stereocenters. The Morgan fingerprint density at radius 1 is 1.11 bits per heavy atom. The number of para-hydroxylation sites is 1. The number of nitrogens with one attached hydrogen (secondary N) is 1. The largest absolute Gasteiger partial charge is 0.314 e. The number of piperazine rings is 1. The van der Waals surface area contributed by atoms with Crippen LogP contribution in [0.15, 0.2) is 41.4 Å². The van der Waals surface area contributed by atoms with Crippen LogP contribution in [-0.2, 0) is 10.0 Å². The minimum Gasteiger partial charge on any atom is -0.314 e. The number of aromatic nitrogens is 1. The molecule has 2 aromatic rings. The molecule has 0 atom stereocenters. The van der Waals surface area contributed by atoms with Crippen molar-refractivity contribution in [3.8, 4) is 0 Å². The standard InChI is InChI=1S/C13H15N3O2S/c17-19(18,16-9-7-14-8-10-16)12-5-1-3-11-4-2-6-15-13(11)12/h1-6,14H,7-10H2. The maximum absolute atomic E-state index is 12.7. The number of sulfonamides is 1. The van der Waals surface area contributed by atoms with Crippen molar-refractivity contribution in [3.63, 3.8) is 0 Å². The predicted molar refractivity (Wildman–Crippen MR) is 73.4 cm³/mol. The lowest BCUT2D eigenvalue weighted by atomic mass is 10.2. The Labute approximate surface area is 112 Å². The normalized spacial score (nSPS) is 17.7. The van der Waals surface area contributed by atoms with Gasteiger partial charge in [0.05, 0.1) is 5.52 Å². The smallest absolute Gasteiger partial charge is 0.245 e. The molecule has 100 valence electrons. The summed E-state index contributed by atoms with van der Waals surface area (Å²) in [5.74, 6) is 0. The third-order valence-corrected chi connectivity index (χ3v) is 5.22. The number of benzene rings is 1. The van der Waals surface area contributed by atoms with Gasteiger partial charge < -0.3 is 5.32 Å². The molecule has 1 aromatic heterocycles. The zero-order valence-electron chi connectivity index (χ0n) is 10.4. The lowest BCUT2D eigenvalue weighted by Crippen LogP contribution is -2.46. The average Bonchev–Trinajstić information content (AvgIpc) is 2.47. The summed E-state index contributed by atoms with van der Waals surface area (Å²) < 4.78 is 26.8. The highest BCUT2D eigenvalue weighted by molar-refractivity contribution is 7.89. The molecule has 1 aromatic carbocycles. The quantitative estimate of drug-likeness (QED) is 0.883. The second kappa shape index (κ2) is 4.88. The third kappa shape index (κ3) is 2.22. The van der Waals surface area contributed by atoms with E-state index in [1.54, 1.807) is 18.3 Å². The number of hydrogen-bond acceptors (Lipinski definition) is 4. The fraction of sp³-hybridized carbons (Fsp3) is 0.308. The van der Waals surface area contributed by atoms with Crippen molar-refractivity contribution in [2.75, 3.05) is 26.2 Å². The summed E-state index contributed by atoms with van der Waals surface area (Å²) >= 11 is 0. The first-order valence-electron chi connectivity index (χ1n) is 6.24. The van der Waals surface area contributed by atoms with E-state index in [0.717, 1.165) is 5.39 Å². The van der Waals surface area contributed by atoms with E-state index in [0.29, 0.717) is 36.6 Å². The van der Waals surface area contributed by atoms with Gasteiger partial charge >= 0.3 is 0 Å². The van der Waals surface area contributed by atoms with Crippen molar-refractivity contribution in [1.82, 2.24) is 14.6 Å². The van der Waals surface area contributed by atoms with E-state index in [9.17, 15) is 8.42 Å². The molecule has 0 radical (unpaired) electrons. The molecule has 0 bridgehead atoms. The van der Waals surface area contributed by atoms with Crippen LogP contribution in [0.1, 0.15) is 0 Å². The van der Waals surface area contributed by atoms with Crippen LogP contribution in [0.3, 0.4) is 0 Å². The van der Waals surface area contributed by atoms with Gasteiger partial charge in [0.25, 0.3) is 0 Å². The first-order chi connectivity index (χ1) is 9.19. The van der Waals surface area contributed by atoms with Gasteiger partial charge in [0.15, 0.2) is 0 Å². The Morgan fingerprint density at radius 3 is 2.63 bits per heavy atom. The summed E-state index contributed by atoms with van der Waals surface area (Å²) in [5.41, 5.74) is 0.545. The van der Waals surface area contributed by atoms with Crippen LogP contribution >= 0.6 is 0 Å². The fourth-order valence-corrected chi connectivity index (χ4v) is 3.92. The van der Waals surface area contributed by atoms with Crippen LogP contribution in [0, 0.1) is 0 Å². The maximum atomic E-state index is 12.7. The predicted octanol–water partition coefficient (Wildman–Crippen LogP) is 0.829. The molecule has 1 fully saturated rings. The number of rotatable bonds is 2. The Kier molecular flexibility index (Phi) is 3.22. The van der Waals surface area contributed by atoms with E-state index >= 15 is 0 Å². The fourth-order valence-electron chi connectivity index (χ4n) is 2.31. The molecule has 1 saturated heterocycles. The summed E-state index contributed by atoms with van der Waals surface area (Å²) in [5, 5.41) is 4.00. The molecule has 0 amide bonds. The van der Waals surface area contributed by atoms with Gasteiger partial charge in [-0.15, -0.1) is 0 Å². The van der Waals surface area contributed by atoms with Crippen LogP contribution in [0.2, 0.25) is 0 Å². The highest BCUT2D eigenvalue weighted by Crippen LogP contribution is 2.23. The van der Waals surface area contributed by atoms with Gasteiger partial charge in [-0.05, 0) is 12.1 Å². The van der Waals surface area contributed by atoms with Crippen molar-refractivity contribution in [3.05, 3.63) is 36.5 Å². The molecule has 0 saturated carbocycles. The van der Waals surface area contributed by atoms with Crippen LogP contribution < -0.4 is 5.32 Å². The topological polar surface area (TPSA) is 62.3 Å². The number of hydrogen-bond donors (Lipinski definition) is 1. The van der Waals surface area contributed by atoms with Gasteiger partial charge in [-0.3, -0.25) is 4.98 Å². The number of pyridine rings is 1. The van der Waals surface area contributed by atoms with E-state index in [1.807, 2.05) is 18.2 Å². The van der Waals surface area contributed by atoms with Gasteiger partial charge in [0.2, 0.25) is 10.0 Å². The molecule has 5 nitrogen and oxygen atoms in total. The highest BCUT2D eigenvalue weighted by atomic mass is 32.2. The summed E-state index contributed by atoms with van der Waals surface area (Å²) in [7, 11) is -3.46. The summed E-state index contributed by atoms with van der Waals surface area (Å²) in [6.07, 6.45) is 1.62. The Morgan fingerprint density at radius 2 is 1.84 bits per heavy atom. The molecule has 1 aliphatic rings. The minimum absolute atomic E-state index is 0.299. The Balaban J connectivity index is 2.12.